The summed E-state index contributed by atoms with van der Waals surface area (Å²) in [6.45, 7) is 1.20. The number of carboxylic acids is 1. The van der Waals surface area contributed by atoms with Crippen LogP contribution in [0.5, 0.6) is 0 Å². The molecule has 0 aromatic heterocycles. The monoisotopic (exact) mass is 218 g/mol. The van der Waals surface area contributed by atoms with Crippen molar-refractivity contribution in [3.63, 3.8) is 0 Å². The first-order valence-electron chi connectivity index (χ1n) is 1.55. The van der Waals surface area contributed by atoms with Crippen molar-refractivity contribution in [3.05, 3.63) is 0 Å². The number of rotatable bonds is 1. The van der Waals surface area contributed by atoms with Crippen molar-refractivity contribution in [3.8, 4) is 0 Å². The topological polar surface area (TPSA) is 57.5 Å². The molecule has 0 amide bonds. The molecule has 3 nitrogen and oxygen atoms in total. The molecule has 2 N–H and O–H groups in total. The molecule has 0 bridgehead atoms. The molecule has 0 spiro atoms. The molecular weight excluding hydrogens is 210 g/mol. The number of aliphatic hydroxyl groups excluding tert-OH is 1. The van der Waals surface area contributed by atoms with E-state index in [0.717, 1.165) is 0 Å². The fraction of sp³-hybridized carbons (Fsp3) is 0.667. The number of hydrogen-bond donors (Lipinski definition) is 2. The Bertz CT molecular complexity index is 75.6. The fourth-order valence-corrected chi connectivity index (χ4v) is 0. The van der Waals surface area contributed by atoms with Gasteiger partial charge in [-0.15, -0.1) is 0 Å². The van der Waals surface area contributed by atoms with Gasteiger partial charge < -0.3 is 13.1 Å². The summed E-state index contributed by atoms with van der Waals surface area (Å²) in [4.78, 5) is 9.45. The SMILES string of the molecule is CC(O)C(=O)O.[H-].[H-].[K+].[K+].[Ti]. The van der Waals surface area contributed by atoms with Gasteiger partial charge in [0.1, 0.15) is 6.10 Å². The van der Waals surface area contributed by atoms with E-state index in [2.05, 4.69) is 0 Å². The van der Waals surface area contributed by atoms with Crippen molar-refractivity contribution in [1.29, 1.82) is 0 Å². The van der Waals surface area contributed by atoms with Crippen LogP contribution in [0.2, 0.25) is 0 Å². The minimum Gasteiger partial charge on any atom is -1.00 e. The summed E-state index contributed by atoms with van der Waals surface area (Å²) in [6, 6.07) is 0. The van der Waals surface area contributed by atoms with E-state index >= 15 is 0 Å². The van der Waals surface area contributed by atoms with E-state index in [4.69, 9.17) is 10.2 Å². The van der Waals surface area contributed by atoms with E-state index in [-0.39, 0.29) is 127 Å². The number of hydrogen-bond acceptors (Lipinski definition) is 2. The minimum atomic E-state index is -1.23. The van der Waals surface area contributed by atoms with Crippen molar-refractivity contribution in [1.82, 2.24) is 0 Å². The van der Waals surface area contributed by atoms with Crippen LogP contribution in [0.15, 0.2) is 0 Å². The molecule has 0 aliphatic rings. The van der Waals surface area contributed by atoms with Gasteiger partial charge in [0.25, 0.3) is 0 Å². The van der Waals surface area contributed by atoms with Gasteiger partial charge in [0.05, 0.1) is 0 Å². The number of carboxylic acid groups (broad SMARTS) is 1. The Morgan fingerprint density at radius 1 is 1.56 bits per heavy atom. The Labute approximate surface area is 157 Å². The van der Waals surface area contributed by atoms with Gasteiger partial charge in [-0.3, -0.25) is 0 Å². The molecule has 0 aromatic carbocycles. The first kappa shape index (κ1) is 22.8. The first-order chi connectivity index (χ1) is 2.64. The van der Waals surface area contributed by atoms with Gasteiger partial charge in [0, 0.05) is 21.7 Å². The van der Waals surface area contributed by atoms with E-state index in [0.29, 0.717) is 0 Å². The zero-order chi connectivity index (χ0) is 5.15. The second-order valence-electron chi connectivity index (χ2n) is 1.01. The smallest absolute Gasteiger partial charge is 1.00 e. The number of aliphatic hydroxyl groups is 1. The van der Waals surface area contributed by atoms with Crippen molar-refractivity contribution in [2.24, 2.45) is 0 Å². The summed E-state index contributed by atoms with van der Waals surface area (Å²) in [5.74, 6) is -1.19. The third-order valence-corrected chi connectivity index (χ3v) is 0.357. The number of carbonyl (C=O) groups is 1. The van der Waals surface area contributed by atoms with Gasteiger partial charge in [-0.25, -0.2) is 4.79 Å². The Balaban J connectivity index is -0.0000000125. The second-order valence-corrected chi connectivity index (χ2v) is 1.01. The van der Waals surface area contributed by atoms with Crippen LogP contribution in [-0.4, -0.2) is 22.3 Å². The van der Waals surface area contributed by atoms with Crippen LogP contribution in [0.3, 0.4) is 0 Å². The minimum absolute atomic E-state index is 0. The molecule has 0 saturated carbocycles. The molecule has 1 unspecified atom stereocenters. The van der Waals surface area contributed by atoms with Gasteiger partial charge in [0.2, 0.25) is 0 Å². The molecule has 0 aliphatic carbocycles. The largest absolute Gasteiger partial charge is 1.00 e. The fourth-order valence-electron chi connectivity index (χ4n) is 0. The summed E-state index contributed by atoms with van der Waals surface area (Å²) >= 11 is 0. The summed E-state index contributed by atoms with van der Waals surface area (Å²) in [6.07, 6.45) is -1.23. The average Bonchev–Trinajstić information content (AvgIpc) is 1.36. The summed E-state index contributed by atoms with van der Waals surface area (Å²) in [5, 5.41) is 15.8. The van der Waals surface area contributed by atoms with Gasteiger partial charge in [-0.05, 0) is 6.92 Å². The maximum atomic E-state index is 9.45. The zero-order valence-electron chi connectivity index (χ0n) is 7.88. The van der Waals surface area contributed by atoms with Gasteiger partial charge >= 0.3 is 109 Å². The summed E-state index contributed by atoms with van der Waals surface area (Å²) in [7, 11) is 0. The molecule has 0 aromatic rings. The first-order valence-corrected chi connectivity index (χ1v) is 1.55. The van der Waals surface area contributed by atoms with Crippen LogP contribution in [0, 0.1) is 0 Å². The normalized spacial score (nSPS) is 9.11. The molecule has 0 radical (unpaired) electrons. The standard InChI is InChI=1S/C3H6O3.2K.Ti.2H/c1-2(4)3(5)6;;;;;/h2,4H,1H3,(H,5,6);;;;;/q;2*+1;;2*-1. The van der Waals surface area contributed by atoms with Crippen LogP contribution >= 0.6 is 0 Å². The quantitative estimate of drug-likeness (QED) is 0.430. The van der Waals surface area contributed by atoms with Crippen LogP contribution in [0.1, 0.15) is 9.78 Å². The van der Waals surface area contributed by atoms with Gasteiger partial charge in [-0.1, -0.05) is 0 Å². The molecule has 6 heteroatoms. The van der Waals surface area contributed by atoms with Crippen molar-refractivity contribution in [2.45, 2.75) is 13.0 Å². The van der Waals surface area contributed by atoms with Gasteiger partial charge in [-0.2, -0.15) is 0 Å². The molecule has 0 saturated heterocycles. The summed E-state index contributed by atoms with van der Waals surface area (Å²) < 4.78 is 0. The van der Waals surface area contributed by atoms with Crippen LogP contribution < -0.4 is 103 Å². The van der Waals surface area contributed by atoms with E-state index in [1.54, 1.807) is 0 Å². The molecule has 0 aliphatic heterocycles. The Hall–Kier alpha value is 3.42. The maximum absolute atomic E-state index is 9.45. The van der Waals surface area contributed by atoms with E-state index in [1.165, 1.54) is 6.92 Å². The van der Waals surface area contributed by atoms with Crippen molar-refractivity contribution in [2.75, 3.05) is 0 Å². The average molecular weight is 218 g/mol. The number of aliphatic carboxylic acids is 1. The molecule has 0 rings (SSSR count). The Kier molecular flexibility index (Phi) is 35.5. The van der Waals surface area contributed by atoms with E-state index in [1.807, 2.05) is 0 Å². The summed E-state index contributed by atoms with van der Waals surface area (Å²) in [5.41, 5.74) is 0. The Morgan fingerprint density at radius 3 is 1.67 bits per heavy atom. The molecule has 0 heterocycles. The van der Waals surface area contributed by atoms with Crippen molar-refractivity contribution < 1.29 is 142 Å². The molecule has 9 heavy (non-hydrogen) atoms. The zero-order valence-corrected chi connectivity index (χ0v) is 13.7. The van der Waals surface area contributed by atoms with E-state index < -0.39 is 12.1 Å². The molecule has 44 valence electrons. The molecule has 1 atom stereocenters. The third-order valence-electron chi connectivity index (χ3n) is 0.357. The predicted octanol–water partition coefficient (Wildman–Crippen LogP) is -6.32. The van der Waals surface area contributed by atoms with Gasteiger partial charge in [0.15, 0.2) is 0 Å². The third kappa shape index (κ3) is 18.4. The van der Waals surface area contributed by atoms with Crippen LogP contribution in [-0.2, 0) is 26.5 Å². The Morgan fingerprint density at radius 2 is 1.67 bits per heavy atom. The van der Waals surface area contributed by atoms with Crippen LogP contribution in [0.4, 0.5) is 0 Å². The van der Waals surface area contributed by atoms with Crippen molar-refractivity contribution >= 4 is 5.97 Å². The van der Waals surface area contributed by atoms with E-state index in [9.17, 15) is 4.79 Å². The second kappa shape index (κ2) is 14.0. The maximum Gasteiger partial charge on any atom is 1.00 e. The molecule has 0 fully saturated rings. The predicted molar refractivity (Wildman–Crippen MR) is 21.5 cm³/mol. The molecular formula is C3H8K2O3Ti. The van der Waals surface area contributed by atoms with Crippen LogP contribution in [0.25, 0.3) is 0 Å².